The molecule has 0 aliphatic carbocycles. The molecule has 0 spiro atoms. The highest BCUT2D eigenvalue weighted by Gasteiger charge is 2.12. The lowest BCUT2D eigenvalue weighted by molar-refractivity contribution is -0.137. The lowest BCUT2D eigenvalue weighted by Gasteiger charge is -2.07. The van der Waals surface area contributed by atoms with Crippen LogP contribution in [0.3, 0.4) is 0 Å². The first-order valence-corrected chi connectivity index (χ1v) is 7.39. The van der Waals surface area contributed by atoms with Crippen molar-refractivity contribution in [1.82, 2.24) is 4.72 Å². The minimum absolute atomic E-state index is 0.0585. The zero-order chi connectivity index (χ0) is 14.5. The molecule has 0 saturated carbocycles. The van der Waals surface area contributed by atoms with Gasteiger partial charge in [0.2, 0.25) is 10.0 Å². The Balaban J connectivity index is 2.54. The number of aliphatic carboxylic acids is 1. The summed E-state index contributed by atoms with van der Waals surface area (Å²) in [5.41, 5.74) is 0.810. The molecular weight excluding hydrogens is 273 g/mol. The van der Waals surface area contributed by atoms with Crippen molar-refractivity contribution in [3.8, 4) is 0 Å². The lowest BCUT2D eigenvalue weighted by atomic mass is 10.2. The highest BCUT2D eigenvalue weighted by Crippen LogP contribution is 2.11. The fourth-order valence-electron chi connectivity index (χ4n) is 1.46. The van der Waals surface area contributed by atoms with Crippen molar-refractivity contribution in [2.75, 3.05) is 6.54 Å². The predicted octanol–water partition coefficient (Wildman–Crippen LogP) is 1.42. The van der Waals surface area contributed by atoms with Crippen LogP contribution in [-0.2, 0) is 20.6 Å². The monoisotopic (exact) mass is 289 g/mol. The standard InChI is InChI=1S/C12H16FNO4S/c1-9-4-5-10(7-11(9)13)8-19(17,18)14-6-2-3-12(15)16/h4-5,7,14H,2-3,6,8H2,1H3,(H,15,16). The third-order valence-electron chi connectivity index (χ3n) is 2.48. The van der Waals surface area contributed by atoms with Crippen LogP contribution in [0.4, 0.5) is 4.39 Å². The van der Waals surface area contributed by atoms with Crippen molar-refractivity contribution in [1.29, 1.82) is 0 Å². The summed E-state index contributed by atoms with van der Waals surface area (Å²) < 4.78 is 38.9. The number of sulfonamides is 1. The second kappa shape index (κ2) is 6.63. The maximum atomic E-state index is 13.3. The zero-order valence-electron chi connectivity index (χ0n) is 10.5. The van der Waals surface area contributed by atoms with Crippen LogP contribution in [0.5, 0.6) is 0 Å². The van der Waals surface area contributed by atoms with E-state index in [9.17, 15) is 17.6 Å². The number of hydrogen-bond donors (Lipinski definition) is 2. The molecule has 0 aliphatic heterocycles. The van der Waals surface area contributed by atoms with E-state index in [1.165, 1.54) is 12.1 Å². The molecule has 7 heteroatoms. The van der Waals surface area contributed by atoms with Crippen molar-refractivity contribution < 1.29 is 22.7 Å². The van der Waals surface area contributed by atoms with E-state index in [1.54, 1.807) is 13.0 Å². The van der Waals surface area contributed by atoms with Crippen molar-refractivity contribution in [3.63, 3.8) is 0 Å². The first-order chi connectivity index (χ1) is 8.80. The number of benzene rings is 1. The van der Waals surface area contributed by atoms with Crippen molar-refractivity contribution >= 4 is 16.0 Å². The van der Waals surface area contributed by atoms with Gasteiger partial charge in [-0.2, -0.15) is 0 Å². The molecule has 2 N–H and O–H groups in total. The highest BCUT2D eigenvalue weighted by molar-refractivity contribution is 7.88. The topological polar surface area (TPSA) is 83.5 Å². The van der Waals surface area contributed by atoms with Crippen molar-refractivity contribution in [2.45, 2.75) is 25.5 Å². The van der Waals surface area contributed by atoms with E-state index in [-0.39, 0.29) is 25.1 Å². The summed E-state index contributed by atoms with van der Waals surface area (Å²) in [4.78, 5) is 10.3. The molecule has 1 aromatic carbocycles. The number of carboxylic acid groups (broad SMARTS) is 1. The third-order valence-corrected chi connectivity index (χ3v) is 3.84. The van der Waals surface area contributed by atoms with Gasteiger partial charge in [-0.1, -0.05) is 12.1 Å². The Morgan fingerprint density at radius 3 is 2.68 bits per heavy atom. The van der Waals surface area contributed by atoms with Gasteiger partial charge in [-0.15, -0.1) is 0 Å². The fraction of sp³-hybridized carbons (Fsp3) is 0.417. The summed E-state index contributed by atoms with van der Waals surface area (Å²) in [6, 6.07) is 4.26. The number of halogens is 1. The van der Waals surface area contributed by atoms with E-state index < -0.39 is 21.8 Å². The van der Waals surface area contributed by atoms with Crippen LogP contribution >= 0.6 is 0 Å². The largest absolute Gasteiger partial charge is 0.481 e. The van der Waals surface area contributed by atoms with Crippen LogP contribution < -0.4 is 4.72 Å². The number of carboxylic acids is 1. The molecule has 19 heavy (non-hydrogen) atoms. The quantitative estimate of drug-likeness (QED) is 0.744. The van der Waals surface area contributed by atoms with E-state index in [2.05, 4.69) is 4.72 Å². The molecule has 1 rings (SSSR count). The zero-order valence-corrected chi connectivity index (χ0v) is 11.3. The second-order valence-electron chi connectivity index (χ2n) is 4.23. The van der Waals surface area contributed by atoms with Gasteiger partial charge in [0.15, 0.2) is 0 Å². The number of aryl methyl sites for hydroxylation is 1. The molecule has 0 saturated heterocycles. The maximum Gasteiger partial charge on any atom is 0.303 e. The van der Waals surface area contributed by atoms with Crippen LogP contribution in [0.2, 0.25) is 0 Å². The van der Waals surface area contributed by atoms with Gasteiger partial charge in [0.1, 0.15) is 5.82 Å². The summed E-state index contributed by atoms with van der Waals surface area (Å²) >= 11 is 0. The summed E-state index contributed by atoms with van der Waals surface area (Å²) in [7, 11) is -3.57. The summed E-state index contributed by atoms with van der Waals surface area (Å²) in [5, 5.41) is 8.42. The van der Waals surface area contributed by atoms with E-state index in [0.717, 1.165) is 0 Å². The van der Waals surface area contributed by atoms with Crippen LogP contribution in [0.1, 0.15) is 24.0 Å². The van der Waals surface area contributed by atoms with Crippen molar-refractivity contribution in [3.05, 3.63) is 35.1 Å². The Labute approximate surface area is 111 Å². The van der Waals surface area contributed by atoms with Crippen LogP contribution in [-0.4, -0.2) is 26.0 Å². The first-order valence-electron chi connectivity index (χ1n) is 5.74. The van der Waals surface area contributed by atoms with E-state index >= 15 is 0 Å². The molecule has 106 valence electrons. The SMILES string of the molecule is Cc1ccc(CS(=O)(=O)NCCCC(=O)O)cc1F. The number of nitrogens with one attached hydrogen (secondary N) is 1. The average Bonchev–Trinajstić information content (AvgIpc) is 2.29. The molecule has 0 unspecified atom stereocenters. The smallest absolute Gasteiger partial charge is 0.303 e. The Morgan fingerprint density at radius 2 is 2.11 bits per heavy atom. The Bertz CT molecular complexity index is 557. The lowest BCUT2D eigenvalue weighted by Crippen LogP contribution is -2.26. The Hall–Kier alpha value is -1.47. The summed E-state index contributed by atoms with van der Waals surface area (Å²) in [6.45, 7) is 1.65. The highest BCUT2D eigenvalue weighted by atomic mass is 32.2. The van der Waals surface area contributed by atoms with Gasteiger partial charge in [0, 0.05) is 13.0 Å². The van der Waals surface area contributed by atoms with E-state index in [4.69, 9.17) is 5.11 Å². The van der Waals surface area contributed by atoms with E-state index in [1.807, 2.05) is 0 Å². The molecule has 0 aromatic heterocycles. The molecular formula is C12H16FNO4S. The Kier molecular flexibility index (Phi) is 5.44. The molecule has 0 bridgehead atoms. The van der Waals surface area contributed by atoms with Crippen LogP contribution in [0.15, 0.2) is 18.2 Å². The molecule has 0 amide bonds. The molecule has 0 radical (unpaired) electrons. The fourth-order valence-corrected chi connectivity index (χ4v) is 2.64. The van der Waals surface area contributed by atoms with Gasteiger partial charge in [0.25, 0.3) is 0 Å². The average molecular weight is 289 g/mol. The summed E-state index contributed by atoms with van der Waals surface area (Å²) in [5.74, 6) is -1.74. The van der Waals surface area contributed by atoms with Gasteiger partial charge in [-0.3, -0.25) is 4.79 Å². The van der Waals surface area contributed by atoms with E-state index in [0.29, 0.717) is 11.1 Å². The molecule has 1 aromatic rings. The van der Waals surface area contributed by atoms with Gasteiger partial charge in [-0.05, 0) is 30.5 Å². The number of rotatable bonds is 7. The maximum absolute atomic E-state index is 13.3. The summed E-state index contributed by atoms with van der Waals surface area (Å²) in [6.07, 6.45) is 0.124. The van der Waals surface area contributed by atoms with Gasteiger partial charge in [0.05, 0.1) is 5.75 Å². The number of carbonyl (C=O) groups is 1. The minimum atomic E-state index is -3.57. The predicted molar refractivity (Wildman–Crippen MR) is 68.6 cm³/mol. The van der Waals surface area contributed by atoms with Gasteiger partial charge >= 0.3 is 5.97 Å². The number of hydrogen-bond acceptors (Lipinski definition) is 3. The van der Waals surface area contributed by atoms with Crippen LogP contribution in [0.25, 0.3) is 0 Å². The van der Waals surface area contributed by atoms with Crippen LogP contribution in [0, 0.1) is 12.7 Å². The molecule has 0 fully saturated rings. The molecule has 0 heterocycles. The normalized spacial score (nSPS) is 11.5. The first kappa shape index (κ1) is 15.6. The second-order valence-corrected chi connectivity index (χ2v) is 6.04. The minimum Gasteiger partial charge on any atom is -0.481 e. The van der Waals surface area contributed by atoms with Gasteiger partial charge in [-0.25, -0.2) is 17.5 Å². The van der Waals surface area contributed by atoms with Crippen molar-refractivity contribution in [2.24, 2.45) is 0 Å². The Morgan fingerprint density at radius 1 is 1.42 bits per heavy atom. The molecule has 0 aliphatic rings. The third kappa shape index (κ3) is 5.80. The molecule has 0 atom stereocenters. The van der Waals surface area contributed by atoms with Gasteiger partial charge < -0.3 is 5.11 Å². The molecule has 5 nitrogen and oxygen atoms in total.